The van der Waals surface area contributed by atoms with E-state index in [4.69, 9.17) is 0 Å². The first-order valence-electron chi connectivity index (χ1n) is 9.07. The number of anilines is 2. The van der Waals surface area contributed by atoms with Crippen LogP contribution in [0, 0.1) is 0 Å². The molecule has 0 aliphatic carbocycles. The van der Waals surface area contributed by atoms with Crippen molar-refractivity contribution in [3.8, 4) is 0 Å². The Labute approximate surface area is 164 Å². The third-order valence-electron chi connectivity index (χ3n) is 4.66. The third-order valence-corrected chi connectivity index (χ3v) is 7.39. The Hall–Kier alpha value is -1.97. The molecular formula is C18H24N4O3S2. The fourth-order valence-corrected chi connectivity index (χ4v) is 5.26. The monoisotopic (exact) mass is 408 g/mol. The van der Waals surface area contributed by atoms with Crippen LogP contribution in [0.5, 0.6) is 0 Å². The molecule has 0 saturated carbocycles. The highest BCUT2D eigenvalue weighted by atomic mass is 32.2. The van der Waals surface area contributed by atoms with Crippen LogP contribution in [-0.4, -0.2) is 49.8 Å². The standard InChI is InChI=1S/C18H24N4O3S2/c1-3-22(4-2)27(24,25)14-7-8-16(21-10-5-6-11-21)15(13-14)17(23)20-18-19-9-12-26-18/h7-9,12-13H,3-6,10-11H2,1-2H3,(H,19,20,23). The maximum atomic E-state index is 12.9. The van der Waals surface area contributed by atoms with E-state index >= 15 is 0 Å². The molecule has 1 N–H and O–H groups in total. The molecule has 7 nitrogen and oxygen atoms in total. The van der Waals surface area contributed by atoms with Crippen LogP contribution in [0.15, 0.2) is 34.7 Å². The second kappa shape index (κ2) is 8.37. The summed E-state index contributed by atoms with van der Waals surface area (Å²) in [4.78, 5) is 19.2. The zero-order valence-electron chi connectivity index (χ0n) is 15.5. The summed E-state index contributed by atoms with van der Waals surface area (Å²) >= 11 is 1.32. The Balaban J connectivity index is 2.02. The second-order valence-electron chi connectivity index (χ2n) is 6.25. The number of nitrogens with zero attached hydrogens (tertiary/aromatic N) is 3. The van der Waals surface area contributed by atoms with E-state index in [0.717, 1.165) is 31.6 Å². The Kier molecular flexibility index (Phi) is 6.13. The molecule has 1 saturated heterocycles. The van der Waals surface area contributed by atoms with Crippen LogP contribution in [0.3, 0.4) is 0 Å². The Morgan fingerprint density at radius 1 is 1.26 bits per heavy atom. The Morgan fingerprint density at radius 3 is 2.56 bits per heavy atom. The number of benzene rings is 1. The number of carbonyl (C=O) groups is 1. The maximum absolute atomic E-state index is 12.9. The van der Waals surface area contributed by atoms with Crippen molar-refractivity contribution in [1.29, 1.82) is 0 Å². The van der Waals surface area contributed by atoms with Crippen LogP contribution in [0.4, 0.5) is 10.8 Å². The van der Waals surface area contributed by atoms with Crippen LogP contribution in [0.1, 0.15) is 37.0 Å². The molecule has 0 radical (unpaired) electrons. The van der Waals surface area contributed by atoms with E-state index < -0.39 is 10.0 Å². The number of sulfonamides is 1. The summed E-state index contributed by atoms with van der Waals surface area (Å²) in [5, 5.41) is 5.04. The quantitative estimate of drug-likeness (QED) is 0.761. The minimum absolute atomic E-state index is 0.137. The molecule has 2 aromatic rings. The number of carbonyl (C=O) groups excluding carboxylic acids is 1. The van der Waals surface area contributed by atoms with Crippen molar-refractivity contribution >= 4 is 38.1 Å². The molecule has 2 heterocycles. The molecule has 3 rings (SSSR count). The van der Waals surface area contributed by atoms with Crippen molar-refractivity contribution in [3.63, 3.8) is 0 Å². The van der Waals surface area contributed by atoms with Gasteiger partial charge in [-0.05, 0) is 31.0 Å². The highest BCUT2D eigenvalue weighted by molar-refractivity contribution is 7.89. The molecule has 27 heavy (non-hydrogen) atoms. The average Bonchev–Trinajstić information content (AvgIpc) is 3.36. The van der Waals surface area contributed by atoms with Gasteiger partial charge in [-0.3, -0.25) is 10.1 Å². The van der Waals surface area contributed by atoms with Gasteiger partial charge in [0, 0.05) is 43.4 Å². The van der Waals surface area contributed by atoms with Crippen molar-refractivity contribution in [2.75, 3.05) is 36.4 Å². The SMILES string of the molecule is CCN(CC)S(=O)(=O)c1ccc(N2CCCC2)c(C(=O)Nc2nccs2)c1. The zero-order chi connectivity index (χ0) is 19.4. The van der Waals surface area contributed by atoms with Crippen LogP contribution in [-0.2, 0) is 10.0 Å². The van der Waals surface area contributed by atoms with Crippen molar-refractivity contribution < 1.29 is 13.2 Å². The van der Waals surface area contributed by atoms with Crippen molar-refractivity contribution in [1.82, 2.24) is 9.29 Å². The number of rotatable bonds is 7. The van der Waals surface area contributed by atoms with Gasteiger partial charge < -0.3 is 4.90 Å². The van der Waals surface area contributed by atoms with E-state index in [9.17, 15) is 13.2 Å². The van der Waals surface area contributed by atoms with Gasteiger partial charge in [0.05, 0.1) is 10.5 Å². The van der Waals surface area contributed by atoms with Crippen LogP contribution in [0.25, 0.3) is 0 Å². The normalized spacial score (nSPS) is 14.7. The number of nitrogens with one attached hydrogen (secondary N) is 1. The van der Waals surface area contributed by atoms with Gasteiger partial charge >= 0.3 is 0 Å². The van der Waals surface area contributed by atoms with E-state index in [1.54, 1.807) is 37.6 Å². The van der Waals surface area contributed by atoms with Gasteiger partial charge in [0.2, 0.25) is 10.0 Å². The van der Waals surface area contributed by atoms with Gasteiger partial charge in [0.25, 0.3) is 5.91 Å². The lowest BCUT2D eigenvalue weighted by Crippen LogP contribution is -2.31. The first-order chi connectivity index (χ1) is 13.0. The largest absolute Gasteiger partial charge is 0.371 e. The molecule has 1 aliphatic rings. The summed E-state index contributed by atoms with van der Waals surface area (Å²) in [7, 11) is -3.64. The van der Waals surface area contributed by atoms with Crippen molar-refractivity contribution in [2.45, 2.75) is 31.6 Å². The highest BCUT2D eigenvalue weighted by Gasteiger charge is 2.26. The van der Waals surface area contributed by atoms with E-state index in [2.05, 4.69) is 15.2 Å². The van der Waals surface area contributed by atoms with Crippen LogP contribution < -0.4 is 10.2 Å². The molecule has 1 fully saturated rings. The van der Waals surface area contributed by atoms with Gasteiger partial charge in [-0.2, -0.15) is 4.31 Å². The number of thiazole rings is 1. The molecule has 1 amide bonds. The van der Waals surface area contributed by atoms with E-state index in [1.807, 2.05) is 0 Å². The van der Waals surface area contributed by atoms with Crippen molar-refractivity contribution in [3.05, 3.63) is 35.3 Å². The van der Waals surface area contributed by atoms with Gasteiger partial charge in [-0.15, -0.1) is 11.3 Å². The van der Waals surface area contributed by atoms with E-state index in [1.165, 1.54) is 21.7 Å². The number of hydrogen-bond acceptors (Lipinski definition) is 6. The minimum Gasteiger partial charge on any atom is -0.371 e. The molecule has 9 heteroatoms. The fraction of sp³-hybridized carbons (Fsp3) is 0.444. The number of hydrogen-bond donors (Lipinski definition) is 1. The lowest BCUT2D eigenvalue weighted by Gasteiger charge is -2.23. The van der Waals surface area contributed by atoms with Crippen LogP contribution in [0.2, 0.25) is 0 Å². The molecule has 1 aromatic carbocycles. The highest BCUT2D eigenvalue weighted by Crippen LogP contribution is 2.29. The second-order valence-corrected chi connectivity index (χ2v) is 9.09. The summed E-state index contributed by atoms with van der Waals surface area (Å²) in [6.45, 7) is 6.09. The van der Waals surface area contributed by atoms with Gasteiger partial charge in [-0.25, -0.2) is 13.4 Å². The summed E-state index contributed by atoms with van der Waals surface area (Å²) < 4.78 is 27.2. The molecule has 0 unspecified atom stereocenters. The summed E-state index contributed by atoms with van der Waals surface area (Å²) in [5.41, 5.74) is 1.13. The van der Waals surface area contributed by atoms with Crippen molar-refractivity contribution in [2.24, 2.45) is 0 Å². The van der Waals surface area contributed by atoms with Gasteiger partial charge in [0.1, 0.15) is 0 Å². The number of amides is 1. The predicted octanol–water partition coefficient (Wildman–Crippen LogP) is 3.03. The number of aromatic nitrogens is 1. The smallest absolute Gasteiger partial charge is 0.259 e. The fourth-order valence-electron chi connectivity index (χ4n) is 3.25. The minimum atomic E-state index is -3.64. The average molecular weight is 409 g/mol. The first kappa shape index (κ1) is 19.8. The Bertz CT molecular complexity index is 887. The topological polar surface area (TPSA) is 82.6 Å². The molecule has 1 aliphatic heterocycles. The molecule has 0 atom stereocenters. The first-order valence-corrected chi connectivity index (χ1v) is 11.4. The molecule has 146 valence electrons. The van der Waals surface area contributed by atoms with E-state index in [-0.39, 0.29) is 10.8 Å². The summed E-state index contributed by atoms with van der Waals surface area (Å²) in [6, 6.07) is 4.84. The Morgan fingerprint density at radius 2 is 1.96 bits per heavy atom. The lowest BCUT2D eigenvalue weighted by atomic mass is 10.1. The third kappa shape index (κ3) is 4.15. The van der Waals surface area contributed by atoms with Gasteiger partial charge in [0.15, 0.2) is 5.13 Å². The lowest BCUT2D eigenvalue weighted by molar-refractivity contribution is 0.102. The molecule has 1 aromatic heterocycles. The summed E-state index contributed by atoms with van der Waals surface area (Å²) in [5.74, 6) is -0.344. The van der Waals surface area contributed by atoms with E-state index in [0.29, 0.717) is 23.8 Å². The maximum Gasteiger partial charge on any atom is 0.259 e. The van der Waals surface area contributed by atoms with Gasteiger partial charge in [-0.1, -0.05) is 13.8 Å². The zero-order valence-corrected chi connectivity index (χ0v) is 17.1. The summed E-state index contributed by atoms with van der Waals surface area (Å²) in [6.07, 6.45) is 3.74. The molecular weight excluding hydrogens is 384 g/mol. The predicted molar refractivity (Wildman–Crippen MR) is 108 cm³/mol. The molecule has 0 spiro atoms. The molecule has 0 bridgehead atoms. The van der Waals surface area contributed by atoms with Crippen LogP contribution >= 0.6 is 11.3 Å².